The van der Waals surface area contributed by atoms with Crippen molar-refractivity contribution in [3.05, 3.63) is 70.2 Å². The smallest absolute Gasteiger partial charge is 0.256 e. The molecule has 0 atom stereocenters. The largest absolute Gasteiger partial charge is 0.377 e. The van der Waals surface area contributed by atoms with Crippen LogP contribution in [-0.4, -0.2) is 25.0 Å². The molecule has 0 aliphatic heterocycles. The molecule has 1 amide bonds. The van der Waals surface area contributed by atoms with Crippen molar-refractivity contribution in [3.63, 3.8) is 0 Å². The number of thiazole rings is 1. The molecule has 0 saturated heterocycles. The SMILES string of the molecule is Cc1cc(NC(=O)c2ccccc2SCc2cscn2)ccc1N(C)C. The van der Waals surface area contributed by atoms with E-state index in [-0.39, 0.29) is 5.91 Å². The van der Waals surface area contributed by atoms with E-state index < -0.39 is 0 Å². The highest BCUT2D eigenvalue weighted by Gasteiger charge is 2.13. The van der Waals surface area contributed by atoms with Crippen molar-refractivity contribution in [1.82, 2.24) is 4.98 Å². The molecule has 0 aliphatic rings. The molecule has 0 aliphatic carbocycles. The Balaban J connectivity index is 1.74. The highest BCUT2D eigenvalue weighted by molar-refractivity contribution is 7.98. The number of amides is 1. The summed E-state index contributed by atoms with van der Waals surface area (Å²) in [7, 11) is 4.02. The van der Waals surface area contributed by atoms with Crippen molar-refractivity contribution in [2.75, 3.05) is 24.3 Å². The second-order valence-electron chi connectivity index (χ2n) is 6.11. The van der Waals surface area contributed by atoms with Crippen LogP contribution in [-0.2, 0) is 5.75 Å². The van der Waals surface area contributed by atoms with Crippen LogP contribution in [0.3, 0.4) is 0 Å². The summed E-state index contributed by atoms with van der Waals surface area (Å²) >= 11 is 3.21. The van der Waals surface area contributed by atoms with Crippen molar-refractivity contribution >= 4 is 40.4 Å². The maximum absolute atomic E-state index is 12.8. The quantitative estimate of drug-likeness (QED) is 0.604. The molecule has 0 unspecified atom stereocenters. The summed E-state index contributed by atoms with van der Waals surface area (Å²) in [6, 6.07) is 13.6. The van der Waals surface area contributed by atoms with Gasteiger partial charge < -0.3 is 10.2 Å². The first-order valence-electron chi connectivity index (χ1n) is 8.23. The first-order valence-corrected chi connectivity index (χ1v) is 10.2. The molecule has 26 heavy (non-hydrogen) atoms. The zero-order valence-electron chi connectivity index (χ0n) is 15.0. The van der Waals surface area contributed by atoms with Gasteiger partial charge in [-0.2, -0.15) is 0 Å². The van der Waals surface area contributed by atoms with Gasteiger partial charge in [-0.1, -0.05) is 12.1 Å². The molecular formula is C20H21N3OS2. The van der Waals surface area contributed by atoms with Crippen molar-refractivity contribution in [2.45, 2.75) is 17.6 Å². The molecule has 3 aromatic rings. The van der Waals surface area contributed by atoms with Gasteiger partial charge in [0.25, 0.3) is 5.91 Å². The Morgan fingerprint density at radius 1 is 1.23 bits per heavy atom. The summed E-state index contributed by atoms with van der Waals surface area (Å²) in [4.78, 5) is 20.1. The van der Waals surface area contributed by atoms with Crippen LogP contribution in [0.15, 0.2) is 58.3 Å². The summed E-state index contributed by atoms with van der Waals surface area (Å²) in [5, 5.41) is 5.05. The molecule has 134 valence electrons. The topological polar surface area (TPSA) is 45.2 Å². The van der Waals surface area contributed by atoms with Crippen LogP contribution >= 0.6 is 23.1 Å². The highest BCUT2D eigenvalue weighted by atomic mass is 32.2. The van der Waals surface area contributed by atoms with Crippen molar-refractivity contribution in [3.8, 4) is 0 Å². The average Bonchev–Trinajstić information content (AvgIpc) is 3.13. The van der Waals surface area contributed by atoms with Crippen molar-refractivity contribution in [2.24, 2.45) is 0 Å². The number of anilines is 2. The van der Waals surface area contributed by atoms with Crippen LogP contribution in [0.4, 0.5) is 11.4 Å². The molecule has 3 rings (SSSR count). The summed E-state index contributed by atoms with van der Waals surface area (Å²) in [6.07, 6.45) is 0. The van der Waals surface area contributed by atoms with Crippen LogP contribution in [0.25, 0.3) is 0 Å². The number of carbonyl (C=O) groups is 1. The third-order valence-electron chi connectivity index (χ3n) is 3.93. The van der Waals surface area contributed by atoms with Crippen LogP contribution in [0.5, 0.6) is 0 Å². The number of aromatic nitrogens is 1. The lowest BCUT2D eigenvalue weighted by Gasteiger charge is -2.17. The van der Waals surface area contributed by atoms with Crippen LogP contribution in [0.2, 0.25) is 0 Å². The number of thioether (sulfide) groups is 1. The predicted octanol–water partition coefficient (Wildman–Crippen LogP) is 5.06. The van der Waals surface area contributed by atoms with E-state index in [4.69, 9.17) is 0 Å². The fraction of sp³-hybridized carbons (Fsp3) is 0.200. The van der Waals surface area contributed by atoms with Gasteiger partial charge in [0, 0.05) is 41.5 Å². The number of carbonyl (C=O) groups excluding carboxylic acids is 1. The van der Waals surface area contributed by atoms with E-state index in [9.17, 15) is 4.79 Å². The summed E-state index contributed by atoms with van der Waals surface area (Å²) < 4.78 is 0. The average molecular weight is 384 g/mol. The first-order chi connectivity index (χ1) is 12.5. The molecule has 0 bridgehead atoms. The Bertz CT molecular complexity index is 892. The molecule has 0 spiro atoms. The molecule has 0 saturated carbocycles. The van der Waals surface area contributed by atoms with E-state index in [0.29, 0.717) is 5.56 Å². The number of hydrogen-bond donors (Lipinski definition) is 1. The van der Waals surface area contributed by atoms with Crippen molar-refractivity contribution in [1.29, 1.82) is 0 Å². The molecule has 6 heteroatoms. The second-order valence-corrected chi connectivity index (χ2v) is 7.85. The number of nitrogens with zero attached hydrogens (tertiary/aromatic N) is 2. The number of hydrogen-bond acceptors (Lipinski definition) is 5. The van der Waals surface area contributed by atoms with E-state index in [1.807, 2.05) is 74.4 Å². The zero-order valence-corrected chi connectivity index (χ0v) is 16.7. The third kappa shape index (κ3) is 4.45. The third-order valence-corrected chi connectivity index (χ3v) is 5.67. The van der Waals surface area contributed by atoms with Gasteiger partial charge in [-0.05, 0) is 42.8 Å². The molecule has 0 fully saturated rings. The van der Waals surface area contributed by atoms with Crippen LogP contribution in [0, 0.1) is 6.92 Å². The Hall–Kier alpha value is -2.31. The zero-order chi connectivity index (χ0) is 18.5. The Morgan fingerprint density at radius 2 is 2.04 bits per heavy atom. The maximum Gasteiger partial charge on any atom is 0.256 e. The minimum absolute atomic E-state index is 0.0941. The lowest BCUT2D eigenvalue weighted by Crippen LogP contribution is -2.14. The monoisotopic (exact) mass is 383 g/mol. The maximum atomic E-state index is 12.8. The minimum Gasteiger partial charge on any atom is -0.377 e. The van der Waals surface area contributed by atoms with Gasteiger partial charge in [0.2, 0.25) is 0 Å². The van der Waals surface area contributed by atoms with E-state index in [1.54, 1.807) is 23.1 Å². The van der Waals surface area contributed by atoms with Gasteiger partial charge >= 0.3 is 0 Å². The number of rotatable bonds is 6. The Morgan fingerprint density at radius 3 is 2.73 bits per heavy atom. The Kier molecular flexibility index (Phi) is 5.96. The molecule has 1 aromatic heterocycles. The summed E-state index contributed by atoms with van der Waals surface area (Å²) in [5.41, 5.74) is 6.61. The number of benzene rings is 2. The van der Waals surface area contributed by atoms with Gasteiger partial charge in [-0.3, -0.25) is 4.79 Å². The number of nitrogens with one attached hydrogen (secondary N) is 1. The Labute approximate surface area is 162 Å². The fourth-order valence-electron chi connectivity index (χ4n) is 2.67. The van der Waals surface area contributed by atoms with E-state index in [0.717, 1.165) is 33.3 Å². The normalized spacial score (nSPS) is 10.6. The van der Waals surface area contributed by atoms with E-state index in [2.05, 4.69) is 15.2 Å². The predicted molar refractivity (Wildman–Crippen MR) is 112 cm³/mol. The van der Waals surface area contributed by atoms with Gasteiger partial charge in [0.05, 0.1) is 16.8 Å². The minimum atomic E-state index is -0.0941. The molecule has 0 radical (unpaired) electrons. The highest BCUT2D eigenvalue weighted by Crippen LogP contribution is 2.28. The molecular weight excluding hydrogens is 362 g/mol. The van der Waals surface area contributed by atoms with E-state index in [1.165, 1.54) is 0 Å². The molecule has 1 heterocycles. The second kappa shape index (κ2) is 8.38. The van der Waals surface area contributed by atoms with Crippen molar-refractivity contribution < 1.29 is 4.79 Å². The number of aryl methyl sites for hydroxylation is 1. The van der Waals surface area contributed by atoms with Gasteiger partial charge in [0.1, 0.15) is 0 Å². The molecule has 4 nitrogen and oxygen atoms in total. The summed E-state index contributed by atoms with van der Waals surface area (Å²) in [5.74, 6) is 0.660. The van der Waals surface area contributed by atoms with E-state index >= 15 is 0 Å². The summed E-state index contributed by atoms with van der Waals surface area (Å²) in [6.45, 7) is 2.04. The molecule has 1 N–H and O–H groups in total. The van der Waals surface area contributed by atoms with Gasteiger partial charge in [-0.25, -0.2) is 4.98 Å². The van der Waals surface area contributed by atoms with Gasteiger partial charge in [-0.15, -0.1) is 23.1 Å². The lowest BCUT2D eigenvalue weighted by atomic mass is 10.1. The van der Waals surface area contributed by atoms with Crippen LogP contribution in [0.1, 0.15) is 21.6 Å². The first kappa shape index (κ1) is 18.5. The standard InChI is InChI=1S/C20H21N3OS2/c1-14-10-15(8-9-18(14)23(2)3)22-20(24)17-6-4-5-7-19(17)26-12-16-11-25-13-21-16/h4-11,13H,12H2,1-3H3,(H,22,24). The molecule has 2 aromatic carbocycles. The fourth-order valence-corrected chi connectivity index (χ4v) is 4.29. The lowest BCUT2D eigenvalue weighted by molar-refractivity contribution is 0.102. The van der Waals surface area contributed by atoms with Gasteiger partial charge in [0.15, 0.2) is 0 Å². The van der Waals surface area contributed by atoms with Crippen LogP contribution < -0.4 is 10.2 Å².